The molecule has 2 saturated heterocycles. The Morgan fingerprint density at radius 2 is 1.85 bits per heavy atom. The van der Waals surface area contributed by atoms with Crippen molar-refractivity contribution in [1.82, 2.24) is 19.4 Å². The minimum atomic E-state index is -0.213. The van der Waals surface area contributed by atoms with Gasteiger partial charge in [0, 0.05) is 58.9 Å². The van der Waals surface area contributed by atoms with E-state index in [0.29, 0.717) is 37.0 Å². The van der Waals surface area contributed by atoms with E-state index in [1.807, 2.05) is 23.1 Å². The van der Waals surface area contributed by atoms with E-state index >= 15 is 0 Å². The molecule has 2 fully saturated rings. The van der Waals surface area contributed by atoms with E-state index in [4.69, 9.17) is 0 Å². The smallest absolute Gasteiger partial charge is 0.260 e. The standard InChI is InChI=1S/C19H23N5O3/c1-21-11-13(9-17(21)25)18(26)24-7-5-23(6-8-24)14-3-4-15-16(10-14)20-12-22(2)19(15)27/h3-4,10,12-13H,5-9,11H2,1-2H3. The number of fused-ring (bicyclic) bond motifs is 1. The van der Waals surface area contributed by atoms with Crippen LogP contribution in [-0.4, -0.2) is 70.9 Å². The van der Waals surface area contributed by atoms with E-state index in [-0.39, 0.29) is 23.3 Å². The van der Waals surface area contributed by atoms with Crippen molar-refractivity contribution >= 4 is 28.4 Å². The van der Waals surface area contributed by atoms with Crippen LogP contribution in [0.25, 0.3) is 10.9 Å². The van der Waals surface area contributed by atoms with Gasteiger partial charge in [0.05, 0.1) is 23.1 Å². The van der Waals surface area contributed by atoms with Crippen molar-refractivity contribution in [2.24, 2.45) is 13.0 Å². The molecule has 2 aliphatic rings. The average Bonchev–Trinajstić information content (AvgIpc) is 3.03. The summed E-state index contributed by atoms with van der Waals surface area (Å²) in [7, 11) is 3.43. The van der Waals surface area contributed by atoms with Crippen molar-refractivity contribution in [3.05, 3.63) is 34.9 Å². The van der Waals surface area contributed by atoms with Crippen LogP contribution < -0.4 is 10.5 Å². The second kappa shape index (κ2) is 6.68. The van der Waals surface area contributed by atoms with Crippen molar-refractivity contribution in [2.45, 2.75) is 6.42 Å². The Hall–Kier alpha value is -2.90. The molecule has 0 saturated carbocycles. The van der Waals surface area contributed by atoms with Crippen molar-refractivity contribution in [2.75, 3.05) is 44.7 Å². The molecule has 8 nitrogen and oxygen atoms in total. The van der Waals surface area contributed by atoms with Gasteiger partial charge in [-0.25, -0.2) is 4.98 Å². The quantitative estimate of drug-likeness (QED) is 0.748. The predicted octanol–water partition coefficient (Wildman–Crippen LogP) is 0.0604. The number of carbonyl (C=O) groups excluding carboxylic acids is 2. The zero-order valence-electron chi connectivity index (χ0n) is 15.6. The number of hydrogen-bond acceptors (Lipinski definition) is 5. The number of rotatable bonds is 2. The van der Waals surface area contributed by atoms with Gasteiger partial charge in [0.15, 0.2) is 0 Å². The maximum atomic E-state index is 12.7. The molecule has 0 N–H and O–H groups in total. The number of carbonyl (C=O) groups is 2. The first-order valence-electron chi connectivity index (χ1n) is 9.17. The van der Waals surface area contributed by atoms with Crippen LogP contribution in [0.5, 0.6) is 0 Å². The Morgan fingerprint density at radius 1 is 1.11 bits per heavy atom. The van der Waals surface area contributed by atoms with Gasteiger partial charge in [-0.2, -0.15) is 0 Å². The Kier molecular flexibility index (Phi) is 4.33. The molecule has 2 aromatic rings. The van der Waals surface area contributed by atoms with Gasteiger partial charge in [-0.1, -0.05) is 0 Å². The highest BCUT2D eigenvalue weighted by molar-refractivity contribution is 5.89. The predicted molar refractivity (Wildman–Crippen MR) is 102 cm³/mol. The summed E-state index contributed by atoms with van der Waals surface area (Å²) in [5.74, 6) is -0.0899. The molecule has 4 rings (SSSR count). The van der Waals surface area contributed by atoms with Crippen LogP contribution in [0.3, 0.4) is 0 Å². The van der Waals surface area contributed by atoms with Gasteiger partial charge in [-0.3, -0.25) is 14.4 Å². The van der Waals surface area contributed by atoms with E-state index in [1.54, 1.807) is 19.0 Å². The van der Waals surface area contributed by atoms with Crippen molar-refractivity contribution in [1.29, 1.82) is 0 Å². The highest BCUT2D eigenvalue weighted by atomic mass is 16.2. The fraction of sp³-hybridized carbons (Fsp3) is 0.474. The average molecular weight is 369 g/mol. The number of hydrogen-bond donors (Lipinski definition) is 0. The molecule has 27 heavy (non-hydrogen) atoms. The summed E-state index contributed by atoms with van der Waals surface area (Å²) in [6.45, 7) is 3.23. The van der Waals surface area contributed by atoms with E-state index < -0.39 is 0 Å². The number of likely N-dealkylation sites (tertiary alicyclic amines) is 1. The number of benzene rings is 1. The normalized spacial score (nSPS) is 20.6. The maximum absolute atomic E-state index is 12.7. The molecular formula is C19H23N5O3. The fourth-order valence-corrected chi connectivity index (χ4v) is 3.87. The monoisotopic (exact) mass is 369 g/mol. The number of aromatic nitrogens is 2. The molecule has 1 aromatic heterocycles. The van der Waals surface area contributed by atoms with Crippen molar-refractivity contribution in [3.8, 4) is 0 Å². The van der Waals surface area contributed by atoms with Crippen LogP contribution in [0.4, 0.5) is 5.69 Å². The lowest BCUT2D eigenvalue weighted by Gasteiger charge is -2.37. The van der Waals surface area contributed by atoms with Crippen LogP contribution in [0.1, 0.15) is 6.42 Å². The lowest BCUT2D eigenvalue weighted by atomic mass is 10.1. The molecule has 0 bridgehead atoms. The summed E-state index contributed by atoms with van der Waals surface area (Å²) in [6.07, 6.45) is 1.85. The van der Waals surface area contributed by atoms with Crippen LogP contribution in [0.2, 0.25) is 0 Å². The van der Waals surface area contributed by atoms with Gasteiger partial charge in [0.25, 0.3) is 5.56 Å². The molecule has 1 atom stereocenters. The molecule has 2 aliphatic heterocycles. The zero-order valence-corrected chi connectivity index (χ0v) is 15.6. The minimum absolute atomic E-state index is 0.0433. The number of aryl methyl sites for hydroxylation is 1. The third-order valence-electron chi connectivity index (χ3n) is 5.55. The van der Waals surface area contributed by atoms with Crippen LogP contribution in [0.15, 0.2) is 29.3 Å². The molecule has 0 aliphatic carbocycles. The largest absolute Gasteiger partial charge is 0.368 e. The Morgan fingerprint density at radius 3 is 2.52 bits per heavy atom. The summed E-state index contributed by atoms with van der Waals surface area (Å²) in [5.41, 5.74) is 1.63. The van der Waals surface area contributed by atoms with E-state index in [2.05, 4.69) is 9.88 Å². The summed E-state index contributed by atoms with van der Waals surface area (Å²) in [4.78, 5) is 46.5. The minimum Gasteiger partial charge on any atom is -0.368 e. The number of piperazine rings is 1. The van der Waals surface area contributed by atoms with Crippen molar-refractivity contribution in [3.63, 3.8) is 0 Å². The van der Waals surface area contributed by atoms with E-state index in [9.17, 15) is 14.4 Å². The Labute approximate surface area is 157 Å². The molecule has 142 valence electrons. The highest BCUT2D eigenvalue weighted by Crippen LogP contribution is 2.23. The summed E-state index contributed by atoms with van der Waals surface area (Å²) in [5, 5.41) is 0.604. The molecule has 1 aromatic carbocycles. The Balaban J connectivity index is 1.44. The molecule has 0 radical (unpaired) electrons. The van der Waals surface area contributed by atoms with E-state index in [1.165, 1.54) is 10.9 Å². The number of nitrogens with zero attached hydrogens (tertiary/aromatic N) is 5. The van der Waals surface area contributed by atoms with Gasteiger partial charge in [0.2, 0.25) is 11.8 Å². The first-order valence-corrected chi connectivity index (χ1v) is 9.17. The first-order chi connectivity index (χ1) is 12.9. The fourth-order valence-electron chi connectivity index (χ4n) is 3.87. The molecular weight excluding hydrogens is 346 g/mol. The third kappa shape index (κ3) is 3.15. The lowest BCUT2D eigenvalue weighted by Crippen LogP contribution is -2.50. The topological polar surface area (TPSA) is 78.8 Å². The van der Waals surface area contributed by atoms with Crippen LogP contribution in [0, 0.1) is 5.92 Å². The van der Waals surface area contributed by atoms with Gasteiger partial charge in [0.1, 0.15) is 0 Å². The van der Waals surface area contributed by atoms with Crippen molar-refractivity contribution < 1.29 is 9.59 Å². The Bertz CT molecular complexity index is 961. The third-order valence-corrected chi connectivity index (χ3v) is 5.55. The number of anilines is 1. The van der Waals surface area contributed by atoms with E-state index in [0.717, 1.165) is 18.8 Å². The molecule has 3 heterocycles. The summed E-state index contributed by atoms with van der Waals surface area (Å²) in [6, 6.07) is 5.68. The van der Waals surface area contributed by atoms with Crippen LogP contribution in [-0.2, 0) is 16.6 Å². The number of amides is 2. The summed E-state index contributed by atoms with van der Waals surface area (Å²) < 4.78 is 1.47. The highest BCUT2D eigenvalue weighted by Gasteiger charge is 2.35. The molecule has 1 unspecified atom stereocenters. The second-order valence-corrected chi connectivity index (χ2v) is 7.35. The first kappa shape index (κ1) is 17.5. The lowest BCUT2D eigenvalue weighted by molar-refractivity contribution is -0.136. The SMILES string of the molecule is CN1CC(C(=O)N2CCN(c3ccc4c(=O)n(C)cnc4c3)CC2)CC1=O. The van der Waals surface area contributed by atoms with Gasteiger partial charge < -0.3 is 19.3 Å². The zero-order chi connectivity index (χ0) is 19.1. The maximum Gasteiger partial charge on any atom is 0.260 e. The van der Waals surface area contributed by atoms with Gasteiger partial charge in [-0.15, -0.1) is 0 Å². The molecule has 8 heteroatoms. The van der Waals surface area contributed by atoms with Gasteiger partial charge in [-0.05, 0) is 18.2 Å². The molecule has 0 spiro atoms. The second-order valence-electron chi connectivity index (χ2n) is 7.35. The van der Waals surface area contributed by atoms with Gasteiger partial charge >= 0.3 is 0 Å². The molecule has 2 amide bonds. The van der Waals surface area contributed by atoms with Crippen LogP contribution >= 0.6 is 0 Å². The summed E-state index contributed by atoms with van der Waals surface area (Å²) >= 11 is 0.